The van der Waals surface area contributed by atoms with E-state index in [0.29, 0.717) is 6.07 Å². The normalized spacial score (nSPS) is 10.5. The van der Waals surface area contributed by atoms with Gasteiger partial charge in [0.15, 0.2) is 5.82 Å². The van der Waals surface area contributed by atoms with E-state index in [1.165, 1.54) is 6.20 Å². The highest BCUT2D eigenvalue weighted by atomic mass is 79.9. The van der Waals surface area contributed by atoms with E-state index in [4.69, 9.17) is 4.74 Å². The second kappa shape index (κ2) is 6.13. The van der Waals surface area contributed by atoms with Crippen LogP contribution in [0.5, 0.6) is 0 Å². The highest BCUT2D eigenvalue weighted by molar-refractivity contribution is 9.10. The third-order valence-corrected chi connectivity index (χ3v) is 3.09. The SMILES string of the molecule is CCOC(=O)c1nn(-c2c(F)cc(F)cc2Br)ccc1=O. The number of carbonyl (C=O) groups excluding carboxylic acids is 1. The number of hydrogen-bond acceptors (Lipinski definition) is 4. The van der Waals surface area contributed by atoms with Crippen molar-refractivity contribution in [1.29, 1.82) is 0 Å². The lowest BCUT2D eigenvalue weighted by Gasteiger charge is -2.10. The van der Waals surface area contributed by atoms with Crippen LogP contribution in [0.25, 0.3) is 5.69 Å². The Balaban J connectivity index is 2.59. The van der Waals surface area contributed by atoms with Crippen molar-refractivity contribution in [2.24, 2.45) is 0 Å². The van der Waals surface area contributed by atoms with E-state index in [9.17, 15) is 18.4 Å². The molecule has 110 valence electrons. The van der Waals surface area contributed by atoms with Crippen LogP contribution in [0.4, 0.5) is 8.78 Å². The van der Waals surface area contributed by atoms with Gasteiger partial charge in [0, 0.05) is 22.8 Å². The summed E-state index contributed by atoms with van der Waals surface area (Å²) in [7, 11) is 0. The number of aromatic nitrogens is 2. The van der Waals surface area contributed by atoms with E-state index < -0.39 is 28.7 Å². The molecule has 0 amide bonds. The van der Waals surface area contributed by atoms with Gasteiger partial charge in [0.1, 0.15) is 11.5 Å². The second-order valence-corrected chi connectivity index (χ2v) is 4.77. The molecule has 2 aromatic rings. The average molecular weight is 359 g/mol. The molecule has 2 rings (SSSR count). The molecule has 0 aliphatic heterocycles. The highest BCUT2D eigenvalue weighted by Gasteiger charge is 2.17. The standard InChI is InChI=1S/C13H9BrF2N2O3/c1-2-21-13(20)11-10(19)3-4-18(17-11)12-8(14)5-7(15)6-9(12)16/h3-6H,2H2,1H3. The minimum atomic E-state index is -0.907. The third kappa shape index (κ3) is 3.15. The fourth-order valence-corrected chi connectivity index (χ4v) is 2.22. The van der Waals surface area contributed by atoms with Crippen molar-refractivity contribution in [3.8, 4) is 5.69 Å². The first-order valence-corrected chi connectivity index (χ1v) is 6.65. The summed E-state index contributed by atoms with van der Waals surface area (Å²) in [6.45, 7) is 1.65. The van der Waals surface area contributed by atoms with Gasteiger partial charge in [-0.05, 0) is 28.9 Å². The van der Waals surface area contributed by atoms with E-state index in [1.54, 1.807) is 6.92 Å². The number of ether oxygens (including phenoxy) is 1. The molecule has 1 aromatic heterocycles. The number of hydrogen-bond donors (Lipinski definition) is 0. The van der Waals surface area contributed by atoms with Crippen LogP contribution in [0.3, 0.4) is 0 Å². The van der Waals surface area contributed by atoms with Crippen molar-refractivity contribution >= 4 is 21.9 Å². The van der Waals surface area contributed by atoms with E-state index in [-0.39, 0.29) is 16.8 Å². The summed E-state index contributed by atoms with van der Waals surface area (Å²) < 4.78 is 32.7. The van der Waals surface area contributed by atoms with Gasteiger partial charge in [-0.25, -0.2) is 18.3 Å². The van der Waals surface area contributed by atoms with Crippen LogP contribution in [-0.4, -0.2) is 22.4 Å². The van der Waals surface area contributed by atoms with Gasteiger partial charge in [-0.15, -0.1) is 0 Å². The lowest BCUT2D eigenvalue weighted by molar-refractivity contribution is 0.0515. The molecule has 0 fully saturated rings. The Hall–Kier alpha value is -2.09. The third-order valence-electron chi connectivity index (χ3n) is 2.49. The molecule has 0 saturated carbocycles. The number of esters is 1. The maximum atomic E-state index is 13.9. The van der Waals surface area contributed by atoms with Crippen molar-refractivity contribution in [2.45, 2.75) is 6.92 Å². The molecule has 1 heterocycles. The van der Waals surface area contributed by atoms with Crippen LogP contribution >= 0.6 is 15.9 Å². The summed E-state index contributed by atoms with van der Waals surface area (Å²) in [6, 6.07) is 2.76. The predicted molar refractivity (Wildman–Crippen MR) is 73.4 cm³/mol. The van der Waals surface area contributed by atoms with Crippen molar-refractivity contribution in [3.05, 3.63) is 56.4 Å². The maximum absolute atomic E-state index is 13.9. The van der Waals surface area contributed by atoms with E-state index in [2.05, 4.69) is 21.0 Å². The summed E-state index contributed by atoms with van der Waals surface area (Å²) >= 11 is 3.01. The molecule has 0 aliphatic carbocycles. The molecule has 8 heteroatoms. The van der Waals surface area contributed by atoms with Crippen LogP contribution in [-0.2, 0) is 4.74 Å². The predicted octanol–water partition coefficient (Wildman–Crippen LogP) is 2.45. The van der Waals surface area contributed by atoms with Gasteiger partial charge >= 0.3 is 5.97 Å². The lowest BCUT2D eigenvalue weighted by atomic mass is 10.3. The number of halogens is 3. The van der Waals surface area contributed by atoms with E-state index >= 15 is 0 Å². The first kappa shape index (κ1) is 15.3. The topological polar surface area (TPSA) is 61.2 Å². The molecule has 0 spiro atoms. The van der Waals surface area contributed by atoms with Gasteiger partial charge in [0.05, 0.1) is 6.61 Å². The van der Waals surface area contributed by atoms with Gasteiger partial charge in [-0.2, -0.15) is 5.10 Å². The Labute approximate surface area is 126 Å². The highest BCUT2D eigenvalue weighted by Crippen LogP contribution is 2.24. The molecule has 0 aliphatic rings. The van der Waals surface area contributed by atoms with Crippen molar-refractivity contribution in [3.63, 3.8) is 0 Å². The number of benzene rings is 1. The zero-order valence-corrected chi connectivity index (χ0v) is 12.4. The Morgan fingerprint density at radius 3 is 2.76 bits per heavy atom. The molecule has 0 radical (unpaired) electrons. The van der Waals surface area contributed by atoms with Crippen molar-refractivity contribution in [1.82, 2.24) is 9.78 Å². The number of carbonyl (C=O) groups is 1. The molecule has 5 nitrogen and oxygen atoms in total. The van der Waals surface area contributed by atoms with Crippen LogP contribution in [0, 0.1) is 11.6 Å². The van der Waals surface area contributed by atoms with Crippen molar-refractivity contribution in [2.75, 3.05) is 6.61 Å². The molecule has 0 N–H and O–H groups in total. The minimum absolute atomic E-state index is 0.0729. The summed E-state index contributed by atoms with van der Waals surface area (Å²) in [5, 5.41) is 3.75. The fourth-order valence-electron chi connectivity index (χ4n) is 1.63. The van der Waals surface area contributed by atoms with Gasteiger partial charge in [0.25, 0.3) is 0 Å². The Kier molecular flexibility index (Phi) is 4.46. The molecular weight excluding hydrogens is 350 g/mol. The van der Waals surface area contributed by atoms with Gasteiger partial charge in [0.2, 0.25) is 11.1 Å². The molecule has 0 unspecified atom stereocenters. The Morgan fingerprint density at radius 2 is 2.14 bits per heavy atom. The minimum Gasteiger partial charge on any atom is -0.461 e. The maximum Gasteiger partial charge on any atom is 0.362 e. The lowest BCUT2D eigenvalue weighted by Crippen LogP contribution is -2.22. The Morgan fingerprint density at radius 1 is 1.43 bits per heavy atom. The molecule has 0 atom stereocenters. The Bertz CT molecular complexity index is 738. The second-order valence-electron chi connectivity index (χ2n) is 3.91. The molecule has 1 aromatic carbocycles. The largest absolute Gasteiger partial charge is 0.461 e. The smallest absolute Gasteiger partial charge is 0.362 e. The molecular formula is C13H9BrF2N2O3. The molecule has 21 heavy (non-hydrogen) atoms. The van der Waals surface area contributed by atoms with Crippen LogP contribution in [0.2, 0.25) is 0 Å². The number of nitrogens with zero attached hydrogens (tertiary/aromatic N) is 2. The fraction of sp³-hybridized carbons (Fsp3) is 0.154. The van der Waals surface area contributed by atoms with Crippen molar-refractivity contribution < 1.29 is 18.3 Å². The van der Waals surface area contributed by atoms with Crippen LogP contribution in [0.15, 0.2) is 33.7 Å². The van der Waals surface area contributed by atoms with Gasteiger partial charge < -0.3 is 4.74 Å². The van der Waals surface area contributed by atoms with Gasteiger partial charge in [-0.3, -0.25) is 4.79 Å². The molecule has 0 saturated heterocycles. The summed E-state index contributed by atoms with van der Waals surface area (Å²) in [6.07, 6.45) is 1.17. The summed E-state index contributed by atoms with van der Waals surface area (Å²) in [5.74, 6) is -2.57. The first-order chi connectivity index (χ1) is 9.93. The van der Waals surface area contributed by atoms with Crippen LogP contribution < -0.4 is 5.43 Å². The van der Waals surface area contributed by atoms with E-state index in [0.717, 1.165) is 16.8 Å². The average Bonchev–Trinajstić information content (AvgIpc) is 2.39. The monoisotopic (exact) mass is 358 g/mol. The van der Waals surface area contributed by atoms with E-state index in [1.807, 2.05) is 0 Å². The number of rotatable bonds is 3. The molecule has 0 bridgehead atoms. The van der Waals surface area contributed by atoms with Gasteiger partial charge in [-0.1, -0.05) is 0 Å². The quantitative estimate of drug-likeness (QED) is 0.790. The first-order valence-electron chi connectivity index (χ1n) is 5.86. The summed E-state index contributed by atoms with van der Waals surface area (Å²) in [4.78, 5) is 23.2. The summed E-state index contributed by atoms with van der Waals surface area (Å²) in [5.41, 5.74) is -1.25. The zero-order chi connectivity index (χ0) is 15.6. The van der Waals surface area contributed by atoms with Crippen LogP contribution in [0.1, 0.15) is 17.4 Å². The zero-order valence-electron chi connectivity index (χ0n) is 10.8.